The van der Waals surface area contributed by atoms with Gasteiger partial charge in [-0.2, -0.15) is 0 Å². The van der Waals surface area contributed by atoms with Gasteiger partial charge >= 0.3 is 17.1 Å². The minimum absolute atomic E-state index is 0. The Morgan fingerprint density at radius 3 is 1.38 bits per heavy atom. The number of pyridine rings is 1. The van der Waals surface area contributed by atoms with Gasteiger partial charge in [0.1, 0.15) is 0 Å². The van der Waals surface area contributed by atoms with Crippen LogP contribution in [0.2, 0.25) is 44.3 Å². The van der Waals surface area contributed by atoms with Crippen LogP contribution in [0.1, 0.15) is 64.2 Å². The normalized spacial score (nSPS) is 11.8. The Hall–Kier alpha value is -3.39. The first kappa shape index (κ1) is 45.8. The molecule has 0 fully saturated rings. The number of aromatic nitrogens is 1. The van der Waals surface area contributed by atoms with Crippen molar-refractivity contribution in [1.82, 2.24) is 4.98 Å². The molecule has 5 aromatic rings. The van der Waals surface area contributed by atoms with Crippen LogP contribution in [0.4, 0.5) is 11.4 Å². The van der Waals surface area contributed by atoms with Gasteiger partial charge in [-0.05, 0) is 74.1 Å². The zero-order chi connectivity index (χ0) is 38.6. The molecular weight excluding hydrogens is 742 g/mol. The number of aryl methyl sites for hydroxylation is 5. The number of benzene rings is 4. The van der Waals surface area contributed by atoms with Crippen LogP contribution >= 0.6 is 11.6 Å². The first-order valence-corrected chi connectivity index (χ1v) is 26.0. The summed E-state index contributed by atoms with van der Waals surface area (Å²) in [6.07, 6.45) is 1.73. The summed E-state index contributed by atoms with van der Waals surface area (Å²) in [6.45, 7) is 31.8. The van der Waals surface area contributed by atoms with Crippen molar-refractivity contribution in [2.75, 3.05) is 0 Å². The Bertz CT molecular complexity index is 1820. The largest absolute Gasteiger partial charge is 2.00 e. The van der Waals surface area contributed by atoms with Gasteiger partial charge in [-0.1, -0.05) is 155 Å². The van der Waals surface area contributed by atoms with Crippen molar-refractivity contribution < 1.29 is 17.1 Å². The van der Waals surface area contributed by atoms with Gasteiger partial charge in [0.15, 0.2) is 0 Å². The Kier molecular flexibility index (Phi) is 18.1. The Morgan fingerprint density at radius 2 is 0.962 bits per heavy atom. The summed E-state index contributed by atoms with van der Waals surface area (Å²) < 4.78 is 0. The predicted molar refractivity (Wildman–Crippen MR) is 236 cm³/mol. The smallest absolute Gasteiger partial charge is 0.342 e. The average molecular weight is 800 g/mol. The van der Waals surface area contributed by atoms with Crippen molar-refractivity contribution in [2.24, 2.45) is 9.98 Å². The fraction of sp³-hybridized carbons (Fsp3) is 0.283. The Morgan fingerprint density at radius 1 is 0.585 bits per heavy atom. The molecule has 0 amide bonds. The van der Waals surface area contributed by atoms with Gasteiger partial charge in [-0.15, -0.1) is 16.1 Å². The third kappa shape index (κ3) is 15.5. The molecule has 7 heteroatoms. The van der Waals surface area contributed by atoms with E-state index in [4.69, 9.17) is 26.6 Å². The third-order valence-electron chi connectivity index (χ3n) is 7.35. The van der Waals surface area contributed by atoms with Crippen molar-refractivity contribution in [1.29, 1.82) is 0 Å². The molecule has 0 saturated carbocycles. The second-order valence-electron chi connectivity index (χ2n) is 15.7. The molecule has 0 aliphatic carbocycles. The molecule has 53 heavy (non-hydrogen) atoms. The molecule has 0 radical (unpaired) electrons. The van der Waals surface area contributed by atoms with Crippen LogP contribution in [0.15, 0.2) is 113 Å². The van der Waals surface area contributed by atoms with Crippen molar-refractivity contribution in [3.05, 3.63) is 172 Å². The zero-order valence-electron chi connectivity index (χ0n) is 33.7. The van der Waals surface area contributed by atoms with Crippen molar-refractivity contribution in [3.8, 4) is 0 Å². The summed E-state index contributed by atoms with van der Waals surface area (Å²) in [5.41, 5.74) is 12.8. The summed E-state index contributed by atoms with van der Waals surface area (Å²) >= 11 is 6.79. The molecule has 1 heterocycles. The van der Waals surface area contributed by atoms with Crippen LogP contribution in [0.3, 0.4) is 0 Å². The third-order valence-corrected chi connectivity index (χ3v) is 7.64. The number of hydrogen-bond acceptors (Lipinski definition) is 3. The minimum Gasteiger partial charge on any atom is -0.342 e. The van der Waals surface area contributed by atoms with Crippen LogP contribution < -0.4 is 0 Å². The van der Waals surface area contributed by atoms with Crippen LogP contribution in [0.25, 0.3) is 0 Å². The molecule has 0 N–H and O–H groups in total. The average Bonchev–Trinajstić information content (AvgIpc) is 3.06. The Labute approximate surface area is 339 Å². The molecule has 4 aromatic carbocycles. The molecule has 5 rings (SSSR count). The molecule has 1 aromatic heterocycles. The maximum atomic E-state index is 6.79. The fourth-order valence-electron chi connectivity index (χ4n) is 5.33. The van der Waals surface area contributed by atoms with E-state index >= 15 is 0 Å². The number of nitrogens with zero attached hydrogens (tertiary/aromatic N) is 3. The van der Waals surface area contributed by atoms with E-state index in [-0.39, 0.29) is 17.1 Å². The first-order chi connectivity index (χ1) is 24.4. The summed E-state index contributed by atoms with van der Waals surface area (Å²) in [7, 11) is -1.72. The zero-order valence-corrected chi connectivity index (χ0v) is 37.6. The van der Waals surface area contributed by atoms with Crippen LogP contribution in [0.5, 0.6) is 0 Å². The first-order valence-electron chi connectivity index (χ1n) is 18.2. The van der Waals surface area contributed by atoms with Crippen LogP contribution in [-0.4, -0.2) is 32.6 Å². The van der Waals surface area contributed by atoms with E-state index in [9.17, 15) is 0 Å². The molecule has 0 bridgehead atoms. The van der Waals surface area contributed by atoms with Crippen LogP contribution in [0, 0.1) is 33.9 Å². The van der Waals surface area contributed by atoms with Gasteiger partial charge in [-0.3, -0.25) is 0 Å². The molecule has 280 valence electrons. The number of hydrogen-bond donors (Lipinski definition) is 0. The summed E-state index contributed by atoms with van der Waals surface area (Å²) in [5, 5.41) is 0.643. The number of halogens is 1. The van der Waals surface area contributed by atoms with Gasteiger partial charge in [0.25, 0.3) is 0 Å². The molecule has 0 aliphatic heterocycles. The molecular formula is C46H58ClFeN3Si2. The van der Waals surface area contributed by atoms with Gasteiger partial charge in [0.2, 0.25) is 0 Å². The maximum Gasteiger partial charge on any atom is 2.00 e. The van der Waals surface area contributed by atoms with Crippen molar-refractivity contribution >= 4 is 50.5 Å². The monoisotopic (exact) mass is 799 g/mol. The van der Waals surface area contributed by atoms with Gasteiger partial charge in [-0.25, -0.2) is 15.0 Å². The van der Waals surface area contributed by atoms with Gasteiger partial charge in [0.05, 0.1) is 39.2 Å². The second kappa shape index (κ2) is 20.9. The summed E-state index contributed by atoms with van der Waals surface area (Å²) in [6, 6.07) is 35.1. The van der Waals surface area contributed by atoms with Crippen molar-refractivity contribution in [3.63, 3.8) is 0 Å². The summed E-state index contributed by atoms with van der Waals surface area (Å²) in [5.74, 6) is 0. The topological polar surface area (TPSA) is 37.6 Å². The molecule has 0 spiro atoms. The molecule has 0 aliphatic rings. The maximum absolute atomic E-state index is 6.79. The van der Waals surface area contributed by atoms with Gasteiger partial charge in [0, 0.05) is 11.1 Å². The number of aliphatic imine (C=N–C) groups is 2. The molecule has 0 unspecified atom stereocenters. The van der Waals surface area contributed by atoms with Gasteiger partial charge < -0.3 is 13.1 Å². The SMILES string of the molecule is CCc1cc(C)cc(C)c1N=C(c1ccccc1)c1cccc(C(=Nc2c(Cl)cc(C)cc2CC)c2ccccc2)n1.[CH2-][Si](C)(C)C.[CH2-][Si](C)(C)C.[Fe+2]. The quantitative estimate of drug-likeness (QED) is 0.0875. The van der Waals surface area contributed by atoms with E-state index in [1.165, 1.54) is 11.1 Å². The Balaban J connectivity index is 0.000000783. The summed E-state index contributed by atoms with van der Waals surface area (Å²) in [4.78, 5) is 15.7. The molecule has 0 atom stereocenters. The minimum atomic E-state index is -0.861. The number of rotatable bonds is 8. The van der Waals surface area contributed by atoms with E-state index < -0.39 is 16.1 Å². The fourth-order valence-corrected chi connectivity index (χ4v) is 5.67. The standard InChI is InChI=1S/C38H36ClN3.2C4H11Si.Fe/c1-6-28-22-25(3)21-27(5)35(28)41-37(30-15-10-8-11-16-30)33-19-14-20-34(40-33)38(31-17-12-9-13-18-31)42-36-29(7-2)23-26(4)24-32(36)39;2*1-5(2,3)4;/h8-24H,6-7H2,1-5H3;2*1H2,2-4H3;/q;2*-1;+2. The molecule has 3 nitrogen and oxygen atoms in total. The van der Waals surface area contributed by atoms with E-state index in [1.807, 2.05) is 60.7 Å². The van der Waals surface area contributed by atoms with E-state index in [0.717, 1.165) is 74.8 Å². The second-order valence-corrected chi connectivity index (χ2v) is 26.4. The predicted octanol–water partition coefficient (Wildman–Crippen LogP) is 13.5. The van der Waals surface area contributed by atoms with Crippen molar-refractivity contribution in [2.45, 2.75) is 86.7 Å². The van der Waals surface area contributed by atoms with Crippen LogP contribution in [-0.2, 0) is 29.9 Å². The van der Waals surface area contributed by atoms with E-state index in [1.54, 1.807) is 0 Å². The van der Waals surface area contributed by atoms with E-state index in [0.29, 0.717) is 5.02 Å². The molecule has 0 saturated heterocycles. The van der Waals surface area contributed by atoms with E-state index in [2.05, 4.69) is 129 Å².